The SMILES string of the molecule is COC(Cc1ccc(C(=O)CCCCCOc2ccc(Oc3ccccc3)cc2)cc1)C(=O)O. The summed E-state index contributed by atoms with van der Waals surface area (Å²) in [7, 11) is 1.37. The highest BCUT2D eigenvalue weighted by Crippen LogP contribution is 2.23. The number of rotatable bonds is 14. The van der Waals surface area contributed by atoms with Crippen molar-refractivity contribution >= 4 is 11.8 Å². The van der Waals surface area contributed by atoms with Gasteiger partial charge in [0.1, 0.15) is 17.2 Å². The minimum Gasteiger partial charge on any atom is -0.494 e. The lowest BCUT2D eigenvalue weighted by molar-refractivity contribution is -0.148. The highest BCUT2D eigenvalue weighted by molar-refractivity contribution is 5.96. The van der Waals surface area contributed by atoms with Gasteiger partial charge in [-0.1, -0.05) is 42.5 Å². The Morgan fingerprint density at radius 1 is 0.794 bits per heavy atom. The van der Waals surface area contributed by atoms with Crippen molar-refractivity contribution in [1.82, 2.24) is 0 Å². The van der Waals surface area contributed by atoms with Crippen LogP contribution in [0.3, 0.4) is 0 Å². The molecule has 178 valence electrons. The van der Waals surface area contributed by atoms with Crippen LogP contribution in [0, 0.1) is 0 Å². The van der Waals surface area contributed by atoms with Crippen molar-refractivity contribution in [3.8, 4) is 17.2 Å². The largest absolute Gasteiger partial charge is 0.494 e. The van der Waals surface area contributed by atoms with Gasteiger partial charge in [-0.25, -0.2) is 4.79 Å². The molecule has 0 spiro atoms. The number of carbonyl (C=O) groups excluding carboxylic acids is 1. The van der Waals surface area contributed by atoms with E-state index in [0.29, 0.717) is 18.6 Å². The lowest BCUT2D eigenvalue weighted by Gasteiger charge is -2.10. The van der Waals surface area contributed by atoms with Crippen molar-refractivity contribution in [1.29, 1.82) is 0 Å². The van der Waals surface area contributed by atoms with Crippen molar-refractivity contribution in [2.24, 2.45) is 0 Å². The van der Waals surface area contributed by atoms with Gasteiger partial charge in [0.05, 0.1) is 6.61 Å². The van der Waals surface area contributed by atoms with Gasteiger partial charge < -0.3 is 19.3 Å². The molecule has 0 heterocycles. The Labute approximate surface area is 200 Å². The van der Waals surface area contributed by atoms with E-state index < -0.39 is 12.1 Å². The second-order valence-corrected chi connectivity index (χ2v) is 7.93. The maximum atomic E-state index is 12.4. The zero-order valence-corrected chi connectivity index (χ0v) is 19.3. The Morgan fingerprint density at radius 2 is 1.44 bits per heavy atom. The van der Waals surface area contributed by atoms with Crippen LogP contribution in [0.25, 0.3) is 0 Å². The summed E-state index contributed by atoms with van der Waals surface area (Å²) in [6.07, 6.45) is 2.40. The van der Waals surface area contributed by atoms with Gasteiger partial charge in [-0.15, -0.1) is 0 Å². The van der Waals surface area contributed by atoms with E-state index in [1.807, 2.05) is 54.6 Å². The lowest BCUT2D eigenvalue weighted by atomic mass is 10.0. The summed E-state index contributed by atoms with van der Waals surface area (Å²) in [5.41, 5.74) is 1.46. The Kier molecular flexibility index (Phi) is 9.67. The van der Waals surface area contributed by atoms with Crippen LogP contribution in [0.2, 0.25) is 0 Å². The van der Waals surface area contributed by atoms with Crippen molar-refractivity contribution in [2.75, 3.05) is 13.7 Å². The molecular weight excluding hydrogens is 432 g/mol. The molecule has 0 aromatic heterocycles. The first-order valence-corrected chi connectivity index (χ1v) is 11.4. The molecule has 1 N–H and O–H groups in total. The molecule has 0 aliphatic heterocycles. The number of carboxylic acids is 1. The van der Waals surface area contributed by atoms with E-state index in [2.05, 4.69) is 0 Å². The number of unbranched alkanes of at least 4 members (excludes halogenated alkanes) is 2. The maximum Gasteiger partial charge on any atom is 0.333 e. The Balaban J connectivity index is 1.32. The molecule has 0 bridgehead atoms. The molecule has 0 aliphatic rings. The van der Waals surface area contributed by atoms with Gasteiger partial charge in [0.2, 0.25) is 0 Å². The third kappa shape index (κ3) is 8.05. The van der Waals surface area contributed by atoms with Gasteiger partial charge >= 0.3 is 5.97 Å². The highest BCUT2D eigenvalue weighted by atomic mass is 16.5. The number of benzene rings is 3. The Bertz CT molecular complexity index is 1030. The molecule has 0 fully saturated rings. The first-order valence-electron chi connectivity index (χ1n) is 11.4. The summed E-state index contributed by atoms with van der Waals surface area (Å²) >= 11 is 0. The predicted octanol–water partition coefficient (Wildman–Crippen LogP) is 5.94. The topological polar surface area (TPSA) is 82.1 Å². The van der Waals surface area contributed by atoms with E-state index in [-0.39, 0.29) is 12.2 Å². The second-order valence-electron chi connectivity index (χ2n) is 7.93. The summed E-state index contributed by atoms with van der Waals surface area (Å²) in [5.74, 6) is 1.42. The highest BCUT2D eigenvalue weighted by Gasteiger charge is 2.17. The molecule has 1 unspecified atom stereocenters. The van der Waals surface area contributed by atoms with Crippen LogP contribution in [0.1, 0.15) is 41.6 Å². The molecule has 3 aromatic carbocycles. The summed E-state index contributed by atoms with van der Waals surface area (Å²) < 4.78 is 16.5. The molecule has 3 aromatic rings. The average molecular weight is 463 g/mol. The number of ether oxygens (including phenoxy) is 3. The van der Waals surface area contributed by atoms with Crippen molar-refractivity contribution in [2.45, 2.75) is 38.2 Å². The number of aliphatic carboxylic acids is 1. The monoisotopic (exact) mass is 462 g/mol. The average Bonchev–Trinajstić information content (AvgIpc) is 2.86. The third-order valence-corrected chi connectivity index (χ3v) is 5.38. The molecule has 3 rings (SSSR count). The molecule has 0 amide bonds. The first kappa shape index (κ1) is 25.0. The molecule has 0 saturated heterocycles. The minimum absolute atomic E-state index is 0.0861. The smallest absolute Gasteiger partial charge is 0.333 e. The number of hydrogen-bond acceptors (Lipinski definition) is 5. The van der Waals surface area contributed by atoms with E-state index in [4.69, 9.17) is 19.3 Å². The quantitative estimate of drug-likeness (QED) is 0.236. The fourth-order valence-electron chi connectivity index (χ4n) is 3.44. The van der Waals surface area contributed by atoms with Crippen molar-refractivity contribution in [3.63, 3.8) is 0 Å². The van der Waals surface area contributed by atoms with Crippen LogP contribution in [-0.4, -0.2) is 36.7 Å². The lowest BCUT2D eigenvalue weighted by Crippen LogP contribution is -2.24. The third-order valence-electron chi connectivity index (χ3n) is 5.38. The summed E-state index contributed by atoms with van der Waals surface area (Å²) in [6.45, 7) is 0.589. The van der Waals surface area contributed by atoms with Crippen LogP contribution < -0.4 is 9.47 Å². The fraction of sp³-hybridized carbons (Fsp3) is 0.286. The van der Waals surface area contributed by atoms with E-state index in [1.54, 1.807) is 24.3 Å². The van der Waals surface area contributed by atoms with Crippen LogP contribution in [0.15, 0.2) is 78.9 Å². The zero-order chi connectivity index (χ0) is 24.2. The Morgan fingerprint density at radius 3 is 2.09 bits per heavy atom. The van der Waals surface area contributed by atoms with Crippen LogP contribution >= 0.6 is 0 Å². The number of para-hydroxylation sites is 1. The molecule has 0 saturated carbocycles. The molecule has 6 nitrogen and oxygen atoms in total. The molecular formula is C28H30O6. The van der Waals surface area contributed by atoms with Crippen molar-refractivity contribution < 1.29 is 28.9 Å². The summed E-state index contributed by atoms with van der Waals surface area (Å²) in [6, 6.07) is 24.2. The van der Waals surface area contributed by atoms with Gasteiger partial charge in [-0.2, -0.15) is 0 Å². The normalized spacial score (nSPS) is 11.6. The van der Waals surface area contributed by atoms with Gasteiger partial charge in [-0.05, 0) is 61.2 Å². The van der Waals surface area contributed by atoms with E-state index in [9.17, 15) is 9.59 Å². The number of carboxylic acid groups (broad SMARTS) is 1. The van der Waals surface area contributed by atoms with Crippen molar-refractivity contribution in [3.05, 3.63) is 90.0 Å². The van der Waals surface area contributed by atoms with Crippen LogP contribution in [0.4, 0.5) is 0 Å². The number of hydrogen-bond donors (Lipinski definition) is 1. The minimum atomic E-state index is -0.999. The zero-order valence-electron chi connectivity index (χ0n) is 19.3. The summed E-state index contributed by atoms with van der Waals surface area (Å²) in [5, 5.41) is 9.07. The predicted molar refractivity (Wildman–Crippen MR) is 130 cm³/mol. The fourth-order valence-corrected chi connectivity index (χ4v) is 3.44. The van der Waals surface area contributed by atoms with Gasteiger partial charge in [0, 0.05) is 25.5 Å². The van der Waals surface area contributed by atoms with Crippen LogP contribution in [-0.2, 0) is 16.0 Å². The number of methoxy groups -OCH3 is 1. The van der Waals surface area contributed by atoms with Gasteiger partial charge in [0.15, 0.2) is 11.9 Å². The standard InChI is InChI=1S/C28H30O6/c1-32-27(28(30)31)20-21-11-13-22(14-12-21)26(29)10-6-3-7-19-33-23-15-17-25(18-16-23)34-24-8-4-2-5-9-24/h2,4-5,8-9,11-18,27H,3,6-7,10,19-20H2,1H3,(H,30,31). The molecule has 34 heavy (non-hydrogen) atoms. The molecule has 6 heteroatoms. The summed E-state index contributed by atoms with van der Waals surface area (Å²) in [4.78, 5) is 23.5. The number of ketones is 1. The van der Waals surface area contributed by atoms with E-state index in [0.717, 1.165) is 42.1 Å². The van der Waals surface area contributed by atoms with Gasteiger partial charge in [0.25, 0.3) is 0 Å². The first-order chi connectivity index (χ1) is 16.5. The van der Waals surface area contributed by atoms with E-state index >= 15 is 0 Å². The Hall–Kier alpha value is -3.64. The number of carbonyl (C=O) groups is 2. The number of Topliss-reactive ketones (excluding diaryl/α,β-unsaturated/α-hetero) is 1. The van der Waals surface area contributed by atoms with Crippen LogP contribution in [0.5, 0.6) is 17.2 Å². The second kappa shape index (κ2) is 13.2. The molecule has 0 aliphatic carbocycles. The van der Waals surface area contributed by atoms with E-state index in [1.165, 1.54) is 7.11 Å². The molecule has 0 radical (unpaired) electrons. The van der Waals surface area contributed by atoms with Gasteiger partial charge in [-0.3, -0.25) is 4.79 Å². The molecule has 1 atom stereocenters. The maximum absolute atomic E-state index is 12.4.